The first kappa shape index (κ1) is 45.5. The van der Waals surface area contributed by atoms with Crippen LogP contribution in [0.1, 0.15) is 25.0 Å². The Morgan fingerprint density at radius 3 is 1.58 bits per heavy atom. The summed E-state index contributed by atoms with van der Waals surface area (Å²) in [5.41, 5.74) is 24.4. The molecule has 5 nitrogen and oxygen atoms in total. The van der Waals surface area contributed by atoms with Crippen LogP contribution in [0.15, 0.2) is 261 Å². The summed E-state index contributed by atoms with van der Waals surface area (Å²) in [5, 5.41) is 7.14. The van der Waals surface area contributed by atoms with Crippen molar-refractivity contribution in [1.82, 2.24) is 24.1 Å². The van der Waals surface area contributed by atoms with Crippen molar-refractivity contribution in [3.63, 3.8) is 0 Å². The second-order valence-corrected chi connectivity index (χ2v) is 22.3. The SMILES string of the molecule is CC1(C)c2cccc3c2-c2c1cc(-c1ccc4ccc(-c5nc(-c6cc(-c7ccccc7)cc(-c7ccccc7)c6)nc(-c6ccc7c8ccccc8n(-c8ccccc8)c7c6)n5)cc4c1)c1c4ccccc4n(c21)-c1ccccc1-3. The fourth-order valence-electron chi connectivity index (χ4n) is 13.6. The molecule has 0 bridgehead atoms. The largest absolute Gasteiger partial charge is 0.309 e. The molecule has 0 amide bonds. The van der Waals surface area contributed by atoms with Crippen LogP contribution < -0.4 is 0 Å². The third-order valence-corrected chi connectivity index (χ3v) is 17.4. The van der Waals surface area contributed by atoms with Gasteiger partial charge in [-0.25, -0.2) is 15.0 Å². The fraction of sp³-hybridized carbons (Fsp3) is 0.0395. The molecule has 0 atom stereocenters. The number of aromatic nitrogens is 5. The molecular formula is C76H49N5. The van der Waals surface area contributed by atoms with Gasteiger partial charge < -0.3 is 9.13 Å². The van der Waals surface area contributed by atoms with Gasteiger partial charge >= 0.3 is 0 Å². The molecule has 12 aromatic carbocycles. The van der Waals surface area contributed by atoms with Gasteiger partial charge in [-0.15, -0.1) is 0 Å². The molecule has 0 N–H and O–H groups in total. The quantitative estimate of drug-likeness (QED) is 0.160. The predicted molar refractivity (Wildman–Crippen MR) is 335 cm³/mol. The lowest BCUT2D eigenvalue weighted by molar-refractivity contribution is 0.661. The van der Waals surface area contributed by atoms with Crippen molar-refractivity contribution in [3.05, 3.63) is 272 Å². The Kier molecular flexibility index (Phi) is 9.70. The van der Waals surface area contributed by atoms with E-state index in [-0.39, 0.29) is 5.41 Å². The summed E-state index contributed by atoms with van der Waals surface area (Å²) in [6.45, 7) is 4.81. The van der Waals surface area contributed by atoms with E-state index in [4.69, 9.17) is 15.0 Å². The van der Waals surface area contributed by atoms with Crippen LogP contribution in [-0.2, 0) is 5.41 Å². The third-order valence-electron chi connectivity index (χ3n) is 17.4. The minimum atomic E-state index is -0.222. The van der Waals surface area contributed by atoms with Crippen molar-refractivity contribution >= 4 is 54.4 Å². The van der Waals surface area contributed by atoms with Crippen molar-refractivity contribution in [2.75, 3.05) is 0 Å². The number of para-hydroxylation sites is 4. The van der Waals surface area contributed by atoms with Crippen molar-refractivity contribution in [2.24, 2.45) is 0 Å². The highest BCUT2D eigenvalue weighted by atomic mass is 15.0. The van der Waals surface area contributed by atoms with Gasteiger partial charge in [0.2, 0.25) is 0 Å². The predicted octanol–water partition coefficient (Wildman–Crippen LogP) is 19.5. The average molecular weight is 1030 g/mol. The van der Waals surface area contributed by atoms with E-state index < -0.39 is 0 Å². The highest BCUT2D eigenvalue weighted by Gasteiger charge is 2.42. The van der Waals surface area contributed by atoms with Gasteiger partial charge in [0.25, 0.3) is 0 Å². The first-order chi connectivity index (χ1) is 39.9. The number of hydrogen-bond acceptors (Lipinski definition) is 3. The topological polar surface area (TPSA) is 48.5 Å². The molecule has 15 aromatic rings. The highest BCUT2D eigenvalue weighted by Crippen LogP contribution is 2.59. The molecule has 1 aliphatic heterocycles. The molecule has 17 rings (SSSR count). The zero-order chi connectivity index (χ0) is 53.5. The Morgan fingerprint density at radius 2 is 0.852 bits per heavy atom. The first-order valence-corrected chi connectivity index (χ1v) is 27.9. The van der Waals surface area contributed by atoms with Gasteiger partial charge in [0.15, 0.2) is 17.5 Å². The van der Waals surface area contributed by atoms with Gasteiger partial charge in [0.1, 0.15) is 0 Å². The van der Waals surface area contributed by atoms with Gasteiger partial charge in [-0.3, -0.25) is 0 Å². The summed E-state index contributed by atoms with van der Waals surface area (Å²) in [4.78, 5) is 16.4. The van der Waals surface area contributed by atoms with Crippen molar-refractivity contribution in [2.45, 2.75) is 19.3 Å². The fourth-order valence-corrected chi connectivity index (χ4v) is 13.6. The van der Waals surface area contributed by atoms with Crippen LogP contribution in [0.25, 0.3) is 156 Å². The monoisotopic (exact) mass is 1030 g/mol. The van der Waals surface area contributed by atoms with Gasteiger partial charge in [0.05, 0.1) is 27.8 Å². The highest BCUT2D eigenvalue weighted by molar-refractivity contribution is 6.23. The van der Waals surface area contributed by atoms with Crippen LogP contribution in [0.4, 0.5) is 0 Å². The van der Waals surface area contributed by atoms with E-state index in [0.717, 1.165) is 66.4 Å². The van der Waals surface area contributed by atoms with Crippen LogP contribution in [0.5, 0.6) is 0 Å². The van der Waals surface area contributed by atoms with Gasteiger partial charge in [-0.05, 0) is 139 Å². The molecule has 0 radical (unpaired) electrons. The summed E-state index contributed by atoms with van der Waals surface area (Å²) >= 11 is 0. The summed E-state index contributed by atoms with van der Waals surface area (Å²) in [7, 11) is 0. The number of benzene rings is 12. The molecule has 81 heavy (non-hydrogen) atoms. The maximum absolute atomic E-state index is 5.47. The average Bonchev–Trinajstić information content (AvgIpc) is 3.56. The zero-order valence-electron chi connectivity index (χ0n) is 44.6. The lowest BCUT2D eigenvalue weighted by atomic mass is 9.80. The van der Waals surface area contributed by atoms with E-state index in [1.807, 2.05) is 0 Å². The molecule has 0 fully saturated rings. The molecule has 0 spiro atoms. The molecule has 0 saturated carbocycles. The van der Waals surface area contributed by atoms with Gasteiger partial charge in [-0.2, -0.15) is 0 Å². The van der Waals surface area contributed by atoms with E-state index in [1.165, 1.54) is 82.8 Å². The zero-order valence-corrected chi connectivity index (χ0v) is 44.6. The number of rotatable bonds is 7. The van der Waals surface area contributed by atoms with E-state index in [2.05, 4.69) is 284 Å². The Balaban J connectivity index is 0.887. The van der Waals surface area contributed by atoms with Crippen LogP contribution >= 0.6 is 0 Å². The van der Waals surface area contributed by atoms with E-state index >= 15 is 0 Å². The molecule has 2 aliphatic rings. The van der Waals surface area contributed by atoms with Crippen LogP contribution in [0.3, 0.4) is 0 Å². The van der Waals surface area contributed by atoms with Crippen LogP contribution in [-0.4, -0.2) is 24.1 Å². The van der Waals surface area contributed by atoms with Crippen LogP contribution in [0.2, 0.25) is 0 Å². The molecule has 0 unspecified atom stereocenters. The Labute approximate surface area is 468 Å². The molecule has 5 heteroatoms. The maximum Gasteiger partial charge on any atom is 0.164 e. The summed E-state index contributed by atoms with van der Waals surface area (Å²) in [6, 6.07) is 94.8. The van der Waals surface area contributed by atoms with Gasteiger partial charge in [0, 0.05) is 60.5 Å². The smallest absolute Gasteiger partial charge is 0.164 e. The van der Waals surface area contributed by atoms with E-state index in [1.54, 1.807) is 0 Å². The summed E-state index contributed by atoms with van der Waals surface area (Å²) in [6.07, 6.45) is 0. The molecular weight excluding hydrogens is 983 g/mol. The van der Waals surface area contributed by atoms with Crippen molar-refractivity contribution < 1.29 is 0 Å². The van der Waals surface area contributed by atoms with E-state index in [9.17, 15) is 0 Å². The van der Waals surface area contributed by atoms with Crippen molar-refractivity contribution in [1.29, 1.82) is 0 Å². The number of nitrogens with zero attached hydrogens (tertiary/aromatic N) is 5. The van der Waals surface area contributed by atoms with Gasteiger partial charge in [-0.1, -0.05) is 202 Å². The standard InChI is InChI=1S/C76H49N5/c1-76(2)63-29-18-28-60-58-26-13-16-31-66(58)81-67-32-17-14-27-61(67)69-62(45-64(76)71(70(60)63)72(69)81)49-35-33-48-34-36-50(40-52(48)39-49)73-77-74(51-37-38-59-57-25-12-15-30-65(57)80(68(59)44-51)56-23-10-5-11-24-56)79-75(78-73)55-42-53(46-19-6-3-7-20-46)41-54(43-55)47-21-8-4-9-22-47/h3-45H,1-2H3. The Morgan fingerprint density at radius 1 is 0.309 bits per heavy atom. The minimum absolute atomic E-state index is 0.222. The normalized spacial score (nSPS) is 12.9. The molecule has 378 valence electrons. The van der Waals surface area contributed by atoms with Crippen LogP contribution in [0, 0.1) is 0 Å². The summed E-state index contributed by atoms with van der Waals surface area (Å²) in [5.74, 6) is 1.81. The molecule has 4 heterocycles. The third kappa shape index (κ3) is 6.82. The second-order valence-electron chi connectivity index (χ2n) is 22.3. The summed E-state index contributed by atoms with van der Waals surface area (Å²) < 4.78 is 4.91. The molecule has 1 aliphatic carbocycles. The lowest BCUT2D eigenvalue weighted by Gasteiger charge is -2.24. The second kappa shape index (κ2) is 17.3. The Bertz CT molecular complexity index is 5070. The molecule has 3 aromatic heterocycles. The van der Waals surface area contributed by atoms with E-state index in [0.29, 0.717) is 17.5 Å². The number of fused-ring (bicyclic) bond motifs is 10. The minimum Gasteiger partial charge on any atom is -0.309 e. The lowest BCUT2D eigenvalue weighted by Crippen LogP contribution is -2.15. The molecule has 0 saturated heterocycles. The Hall–Kier alpha value is -10.5. The maximum atomic E-state index is 5.47. The number of hydrogen-bond donors (Lipinski definition) is 0. The van der Waals surface area contributed by atoms with Crippen molar-refractivity contribution in [3.8, 4) is 101 Å². The first-order valence-electron chi connectivity index (χ1n) is 27.9.